The van der Waals surface area contributed by atoms with Crippen LogP contribution in [0.1, 0.15) is 30.7 Å². The molecule has 3 aromatic rings. The molecule has 1 amide bonds. The monoisotopic (exact) mass is 371 g/mol. The number of carbonyl (C=O) groups is 1. The highest BCUT2D eigenvalue weighted by Crippen LogP contribution is 2.29. The number of nitrogens with zero attached hydrogens (tertiary/aromatic N) is 3. The Morgan fingerprint density at radius 3 is 2.77 bits per heavy atom. The number of amides is 1. The topological polar surface area (TPSA) is 59.2 Å². The molecule has 0 saturated heterocycles. The Balaban J connectivity index is 1.37. The highest BCUT2D eigenvalue weighted by atomic mass is 32.1. The van der Waals surface area contributed by atoms with Crippen molar-refractivity contribution < 1.29 is 13.7 Å². The summed E-state index contributed by atoms with van der Waals surface area (Å²) < 4.78 is 18.3. The van der Waals surface area contributed by atoms with Crippen LogP contribution < -0.4 is 0 Å². The van der Waals surface area contributed by atoms with Crippen molar-refractivity contribution in [3.63, 3.8) is 0 Å². The van der Waals surface area contributed by atoms with Gasteiger partial charge in [-0.25, -0.2) is 4.39 Å². The zero-order chi connectivity index (χ0) is 17.9. The first-order chi connectivity index (χ1) is 12.7. The molecule has 0 unspecified atom stereocenters. The van der Waals surface area contributed by atoms with Gasteiger partial charge in [-0.3, -0.25) is 4.79 Å². The van der Waals surface area contributed by atoms with Gasteiger partial charge in [0.25, 0.3) is 0 Å². The Morgan fingerprint density at radius 2 is 2.08 bits per heavy atom. The number of carbonyl (C=O) groups excluding carboxylic acids is 1. The lowest BCUT2D eigenvalue weighted by atomic mass is 10.2. The predicted molar refractivity (Wildman–Crippen MR) is 95.9 cm³/mol. The van der Waals surface area contributed by atoms with Crippen LogP contribution in [0.3, 0.4) is 0 Å². The maximum atomic E-state index is 13.1. The number of aryl methyl sites for hydroxylation is 1. The molecule has 1 aliphatic rings. The first kappa shape index (κ1) is 16.9. The number of halogens is 1. The summed E-state index contributed by atoms with van der Waals surface area (Å²) in [4.78, 5) is 19.9. The molecule has 0 radical (unpaired) electrons. The van der Waals surface area contributed by atoms with Crippen molar-refractivity contribution in [3.8, 4) is 10.7 Å². The van der Waals surface area contributed by atoms with Crippen molar-refractivity contribution >= 4 is 17.2 Å². The van der Waals surface area contributed by atoms with E-state index in [4.69, 9.17) is 4.52 Å². The second kappa shape index (κ2) is 7.37. The normalized spacial score (nSPS) is 13.7. The van der Waals surface area contributed by atoms with Crippen LogP contribution in [0, 0.1) is 5.82 Å². The molecule has 26 heavy (non-hydrogen) atoms. The van der Waals surface area contributed by atoms with E-state index in [0.717, 1.165) is 23.3 Å². The van der Waals surface area contributed by atoms with Crippen LogP contribution in [-0.4, -0.2) is 27.0 Å². The summed E-state index contributed by atoms with van der Waals surface area (Å²) in [7, 11) is 0. The van der Waals surface area contributed by atoms with E-state index in [9.17, 15) is 9.18 Å². The maximum Gasteiger partial charge on any atom is 0.227 e. The van der Waals surface area contributed by atoms with Gasteiger partial charge in [0.1, 0.15) is 5.82 Å². The summed E-state index contributed by atoms with van der Waals surface area (Å²) in [6.07, 6.45) is 2.79. The molecule has 1 aromatic carbocycles. The molecule has 5 nitrogen and oxygen atoms in total. The Kier molecular flexibility index (Phi) is 4.79. The van der Waals surface area contributed by atoms with Gasteiger partial charge in [0, 0.05) is 25.4 Å². The van der Waals surface area contributed by atoms with Crippen LogP contribution in [0.5, 0.6) is 0 Å². The van der Waals surface area contributed by atoms with Crippen molar-refractivity contribution in [1.29, 1.82) is 0 Å². The predicted octanol–water partition coefficient (Wildman–Crippen LogP) is 4.06. The quantitative estimate of drug-likeness (QED) is 0.628. The average molecular weight is 371 g/mol. The standard InChI is InChI=1S/C19H18FN3O2S/c20-14-5-3-13(4-6-14)12-23(15-7-8-15)18(24)10-9-17-21-19(22-25-17)16-2-1-11-26-16/h1-6,11,15H,7-10,12H2. The van der Waals surface area contributed by atoms with E-state index in [1.165, 1.54) is 12.1 Å². The van der Waals surface area contributed by atoms with Crippen molar-refractivity contribution in [1.82, 2.24) is 15.0 Å². The lowest BCUT2D eigenvalue weighted by Gasteiger charge is -2.22. The molecule has 0 N–H and O–H groups in total. The minimum absolute atomic E-state index is 0.0627. The molecule has 1 saturated carbocycles. The molecule has 134 valence electrons. The summed E-state index contributed by atoms with van der Waals surface area (Å²) in [6.45, 7) is 0.508. The Morgan fingerprint density at radius 1 is 1.27 bits per heavy atom. The van der Waals surface area contributed by atoms with E-state index in [0.29, 0.717) is 31.1 Å². The highest BCUT2D eigenvalue weighted by Gasteiger charge is 2.32. The van der Waals surface area contributed by atoms with Crippen LogP contribution in [-0.2, 0) is 17.8 Å². The number of benzene rings is 1. The third kappa shape index (κ3) is 3.99. The van der Waals surface area contributed by atoms with Gasteiger partial charge in [0.05, 0.1) is 4.88 Å². The molecule has 0 spiro atoms. The first-order valence-electron chi connectivity index (χ1n) is 8.59. The summed E-state index contributed by atoms with van der Waals surface area (Å²) in [5, 5.41) is 5.92. The van der Waals surface area contributed by atoms with E-state index >= 15 is 0 Å². The van der Waals surface area contributed by atoms with E-state index in [1.54, 1.807) is 23.5 Å². The molecule has 7 heteroatoms. The molecule has 1 fully saturated rings. The van der Waals surface area contributed by atoms with Crippen LogP contribution in [0.4, 0.5) is 4.39 Å². The van der Waals surface area contributed by atoms with Gasteiger partial charge in [-0.1, -0.05) is 23.4 Å². The fraction of sp³-hybridized carbons (Fsp3) is 0.316. The Hall–Kier alpha value is -2.54. The SMILES string of the molecule is O=C(CCc1nc(-c2cccs2)no1)N(Cc1ccc(F)cc1)C1CC1. The molecule has 0 atom stereocenters. The van der Waals surface area contributed by atoms with Gasteiger partial charge in [0.15, 0.2) is 0 Å². The minimum atomic E-state index is -0.268. The van der Waals surface area contributed by atoms with Crippen molar-refractivity contribution in [2.75, 3.05) is 0 Å². The molecule has 0 bridgehead atoms. The van der Waals surface area contributed by atoms with Gasteiger partial charge in [-0.05, 0) is 42.0 Å². The summed E-state index contributed by atoms with van der Waals surface area (Å²) in [5.41, 5.74) is 0.935. The third-order valence-electron chi connectivity index (χ3n) is 4.34. The Bertz CT molecular complexity index is 873. The van der Waals surface area contributed by atoms with E-state index < -0.39 is 0 Å². The summed E-state index contributed by atoms with van der Waals surface area (Å²) in [6, 6.07) is 10.5. The van der Waals surface area contributed by atoms with Crippen LogP contribution in [0.2, 0.25) is 0 Å². The van der Waals surface area contributed by atoms with Gasteiger partial charge >= 0.3 is 0 Å². The maximum absolute atomic E-state index is 13.1. The largest absolute Gasteiger partial charge is 0.339 e. The summed E-state index contributed by atoms with van der Waals surface area (Å²) in [5.74, 6) is 0.829. The zero-order valence-corrected chi connectivity index (χ0v) is 14.9. The molecule has 2 heterocycles. The highest BCUT2D eigenvalue weighted by molar-refractivity contribution is 7.13. The number of thiophene rings is 1. The minimum Gasteiger partial charge on any atom is -0.339 e. The molecule has 0 aliphatic heterocycles. The molecular weight excluding hydrogens is 353 g/mol. The number of hydrogen-bond donors (Lipinski definition) is 0. The fourth-order valence-corrected chi connectivity index (χ4v) is 3.46. The van der Waals surface area contributed by atoms with Crippen LogP contribution >= 0.6 is 11.3 Å². The summed E-state index contributed by atoms with van der Waals surface area (Å²) >= 11 is 1.55. The van der Waals surface area contributed by atoms with Crippen LogP contribution in [0.15, 0.2) is 46.3 Å². The smallest absolute Gasteiger partial charge is 0.227 e. The lowest BCUT2D eigenvalue weighted by molar-refractivity contribution is -0.132. The van der Waals surface area contributed by atoms with E-state index in [1.807, 2.05) is 22.4 Å². The zero-order valence-electron chi connectivity index (χ0n) is 14.1. The third-order valence-corrected chi connectivity index (χ3v) is 5.20. The number of rotatable bonds is 7. The number of aromatic nitrogens is 2. The van der Waals surface area contributed by atoms with E-state index in [2.05, 4.69) is 10.1 Å². The van der Waals surface area contributed by atoms with Crippen LogP contribution in [0.25, 0.3) is 10.7 Å². The average Bonchev–Trinajstić information content (AvgIpc) is 3.14. The van der Waals surface area contributed by atoms with E-state index in [-0.39, 0.29) is 17.8 Å². The second-order valence-electron chi connectivity index (χ2n) is 6.37. The first-order valence-corrected chi connectivity index (χ1v) is 9.47. The molecule has 2 aromatic heterocycles. The van der Waals surface area contributed by atoms with Crippen molar-refractivity contribution in [3.05, 3.63) is 59.0 Å². The van der Waals surface area contributed by atoms with Gasteiger partial charge in [-0.2, -0.15) is 4.98 Å². The second-order valence-corrected chi connectivity index (χ2v) is 7.32. The number of hydrogen-bond acceptors (Lipinski definition) is 5. The lowest BCUT2D eigenvalue weighted by Crippen LogP contribution is -2.32. The van der Waals surface area contributed by atoms with Crippen molar-refractivity contribution in [2.24, 2.45) is 0 Å². The van der Waals surface area contributed by atoms with Crippen molar-refractivity contribution in [2.45, 2.75) is 38.3 Å². The van der Waals surface area contributed by atoms with Gasteiger partial charge < -0.3 is 9.42 Å². The Labute approximate surface area is 154 Å². The van der Waals surface area contributed by atoms with Gasteiger partial charge in [-0.15, -0.1) is 11.3 Å². The fourth-order valence-electron chi connectivity index (χ4n) is 2.81. The molecule has 4 rings (SSSR count). The van der Waals surface area contributed by atoms with Gasteiger partial charge in [0.2, 0.25) is 17.6 Å². The molecule has 1 aliphatic carbocycles. The molecular formula is C19H18FN3O2S.